The molecule has 29 heavy (non-hydrogen) atoms. The van der Waals surface area contributed by atoms with Crippen LogP contribution in [0.4, 0.5) is 5.69 Å². The minimum absolute atomic E-state index is 0.0111. The predicted octanol–water partition coefficient (Wildman–Crippen LogP) is 5.49. The zero-order valence-corrected chi connectivity index (χ0v) is 16.0. The molecule has 0 saturated heterocycles. The fourth-order valence-electron chi connectivity index (χ4n) is 3.93. The van der Waals surface area contributed by atoms with Gasteiger partial charge in [-0.3, -0.25) is 10.1 Å². The molecule has 0 spiro atoms. The molecule has 0 N–H and O–H groups in total. The van der Waals surface area contributed by atoms with Crippen molar-refractivity contribution in [1.29, 1.82) is 0 Å². The first-order valence-corrected chi connectivity index (χ1v) is 9.60. The van der Waals surface area contributed by atoms with E-state index >= 15 is 0 Å². The third-order valence-corrected chi connectivity index (χ3v) is 5.49. The van der Waals surface area contributed by atoms with E-state index in [1.165, 1.54) is 6.07 Å². The average molecular weight is 406 g/mol. The van der Waals surface area contributed by atoms with Crippen molar-refractivity contribution in [1.82, 2.24) is 5.01 Å². The minimum Gasteiger partial charge on any atom is -0.464 e. The molecule has 3 aromatic rings. The average Bonchev–Trinajstić information content (AvgIpc) is 3.20. The molecule has 0 unspecified atom stereocenters. The highest BCUT2D eigenvalue weighted by Crippen LogP contribution is 2.49. The fraction of sp³-hybridized carbons (Fsp3) is 0.136. The quantitative estimate of drug-likeness (QED) is 0.426. The molecule has 0 aromatic heterocycles. The summed E-state index contributed by atoms with van der Waals surface area (Å²) in [4.78, 5) is 11.2. The highest BCUT2D eigenvalue weighted by Gasteiger charge is 2.43. The van der Waals surface area contributed by atoms with Gasteiger partial charge in [0.15, 0.2) is 0 Å². The first-order chi connectivity index (χ1) is 14.1. The van der Waals surface area contributed by atoms with Crippen LogP contribution in [0.25, 0.3) is 0 Å². The maximum Gasteiger partial charge on any atom is 0.278 e. The molecule has 2 aliphatic heterocycles. The smallest absolute Gasteiger partial charge is 0.278 e. The second kappa shape index (κ2) is 6.90. The zero-order valence-electron chi connectivity index (χ0n) is 15.2. The zero-order chi connectivity index (χ0) is 20.0. The SMILES string of the molecule is O=[N+]([O-])c1ccccc1[C@@H]1Oc2ccc(Cl)cc2[C@@H]2CC(c3ccccc3)=NN21. The fourth-order valence-corrected chi connectivity index (χ4v) is 4.11. The topological polar surface area (TPSA) is 68.0 Å². The number of benzene rings is 3. The van der Waals surface area contributed by atoms with E-state index in [0.717, 1.165) is 16.8 Å². The molecule has 2 atom stereocenters. The van der Waals surface area contributed by atoms with Crippen molar-refractivity contribution in [2.24, 2.45) is 5.10 Å². The maximum atomic E-state index is 11.6. The van der Waals surface area contributed by atoms with Crippen molar-refractivity contribution in [3.63, 3.8) is 0 Å². The third kappa shape index (κ3) is 3.02. The summed E-state index contributed by atoms with van der Waals surface area (Å²) in [6.45, 7) is 0. The Balaban J connectivity index is 1.65. The molecule has 144 valence electrons. The van der Waals surface area contributed by atoms with E-state index in [1.54, 1.807) is 24.3 Å². The van der Waals surface area contributed by atoms with E-state index in [-0.39, 0.29) is 16.7 Å². The summed E-state index contributed by atoms with van der Waals surface area (Å²) in [5.41, 5.74) is 3.35. The predicted molar refractivity (Wildman–Crippen MR) is 110 cm³/mol. The van der Waals surface area contributed by atoms with Gasteiger partial charge in [-0.15, -0.1) is 0 Å². The monoisotopic (exact) mass is 405 g/mol. The highest BCUT2D eigenvalue weighted by atomic mass is 35.5. The van der Waals surface area contributed by atoms with Gasteiger partial charge >= 0.3 is 0 Å². The summed E-state index contributed by atoms with van der Waals surface area (Å²) in [6.07, 6.45) is -0.0332. The van der Waals surface area contributed by atoms with Crippen LogP contribution in [0.15, 0.2) is 77.9 Å². The summed E-state index contributed by atoms with van der Waals surface area (Å²) < 4.78 is 6.22. The lowest BCUT2D eigenvalue weighted by Crippen LogP contribution is -2.34. The highest BCUT2D eigenvalue weighted by molar-refractivity contribution is 6.30. The molecule has 0 bridgehead atoms. The van der Waals surface area contributed by atoms with E-state index in [0.29, 0.717) is 22.8 Å². The Kier molecular flexibility index (Phi) is 4.21. The van der Waals surface area contributed by atoms with Crippen LogP contribution in [-0.4, -0.2) is 15.6 Å². The van der Waals surface area contributed by atoms with Crippen molar-refractivity contribution in [2.45, 2.75) is 18.7 Å². The number of para-hydroxylation sites is 1. The Bertz CT molecular complexity index is 1130. The number of fused-ring (bicyclic) bond motifs is 3. The van der Waals surface area contributed by atoms with Gasteiger partial charge in [0.05, 0.1) is 22.2 Å². The molecule has 2 aliphatic rings. The number of nitrogens with zero attached hydrogens (tertiary/aromatic N) is 3. The molecule has 0 aliphatic carbocycles. The molecule has 0 amide bonds. The normalized spacial score (nSPS) is 19.8. The third-order valence-electron chi connectivity index (χ3n) is 5.26. The van der Waals surface area contributed by atoms with Crippen LogP contribution in [0, 0.1) is 10.1 Å². The van der Waals surface area contributed by atoms with Gasteiger partial charge in [0, 0.05) is 23.1 Å². The van der Waals surface area contributed by atoms with E-state index in [2.05, 4.69) is 0 Å². The Morgan fingerprint density at radius 2 is 1.79 bits per heavy atom. The van der Waals surface area contributed by atoms with Crippen LogP contribution in [0.1, 0.15) is 35.4 Å². The summed E-state index contributed by atoms with van der Waals surface area (Å²) in [5, 5.41) is 18.9. The van der Waals surface area contributed by atoms with Crippen molar-refractivity contribution >= 4 is 23.0 Å². The Hall–Kier alpha value is -3.38. The van der Waals surface area contributed by atoms with Crippen LogP contribution in [0.2, 0.25) is 5.02 Å². The molecule has 6 nitrogen and oxygen atoms in total. The van der Waals surface area contributed by atoms with E-state index < -0.39 is 6.23 Å². The standard InChI is InChI=1S/C22H16ClN3O3/c23-15-10-11-21-17(12-15)20-13-18(14-6-2-1-3-7-14)24-25(20)22(29-21)16-8-4-5-9-19(16)26(27)28/h1-12,20,22H,13H2/t20-,22-/m0/s1. The number of nitro benzene ring substituents is 1. The number of nitro groups is 1. The molecular formula is C22H16ClN3O3. The van der Waals surface area contributed by atoms with Gasteiger partial charge in [-0.2, -0.15) is 5.10 Å². The Morgan fingerprint density at radius 3 is 2.59 bits per heavy atom. The van der Waals surface area contributed by atoms with Crippen molar-refractivity contribution in [3.05, 3.63) is 105 Å². The lowest BCUT2D eigenvalue weighted by Gasteiger charge is -2.38. The van der Waals surface area contributed by atoms with Crippen LogP contribution >= 0.6 is 11.6 Å². The largest absolute Gasteiger partial charge is 0.464 e. The first kappa shape index (κ1) is 17.7. The molecule has 2 heterocycles. The summed E-state index contributed by atoms with van der Waals surface area (Å²) in [7, 11) is 0. The Labute approximate surface area is 172 Å². The van der Waals surface area contributed by atoms with Crippen LogP contribution in [-0.2, 0) is 0 Å². The Morgan fingerprint density at radius 1 is 1.03 bits per heavy atom. The molecule has 0 radical (unpaired) electrons. The summed E-state index contributed by atoms with van der Waals surface area (Å²) >= 11 is 6.24. The van der Waals surface area contributed by atoms with E-state index in [1.807, 2.05) is 47.5 Å². The van der Waals surface area contributed by atoms with Crippen molar-refractivity contribution < 1.29 is 9.66 Å². The van der Waals surface area contributed by atoms with Gasteiger partial charge in [-0.25, -0.2) is 5.01 Å². The number of rotatable bonds is 3. The second-order valence-corrected chi connectivity index (χ2v) is 7.42. The van der Waals surface area contributed by atoms with Crippen LogP contribution in [0.5, 0.6) is 5.75 Å². The van der Waals surface area contributed by atoms with E-state index in [4.69, 9.17) is 21.4 Å². The van der Waals surface area contributed by atoms with Crippen molar-refractivity contribution in [3.8, 4) is 5.75 Å². The van der Waals surface area contributed by atoms with Gasteiger partial charge in [0.25, 0.3) is 5.69 Å². The number of hydrogen-bond donors (Lipinski definition) is 0. The molecule has 7 heteroatoms. The molecule has 0 saturated carbocycles. The molecule has 3 aromatic carbocycles. The van der Waals surface area contributed by atoms with Gasteiger partial charge < -0.3 is 4.74 Å². The summed E-state index contributed by atoms with van der Waals surface area (Å²) in [6, 6.07) is 21.9. The number of hydrazone groups is 1. The van der Waals surface area contributed by atoms with Crippen molar-refractivity contribution in [2.75, 3.05) is 0 Å². The number of hydrogen-bond acceptors (Lipinski definition) is 5. The first-order valence-electron chi connectivity index (χ1n) is 9.22. The second-order valence-electron chi connectivity index (χ2n) is 6.98. The van der Waals surface area contributed by atoms with Gasteiger partial charge in [0.2, 0.25) is 6.23 Å². The number of halogens is 1. The van der Waals surface area contributed by atoms with Crippen LogP contribution < -0.4 is 4.74 Å². The molecule has 5 rings (SSSR count). The lowest BCUT2D eigenvalue weighted by atomic mass is 9.95. The minimum atomic E-state index is -0.698. The molecule has 0 fully saturated rings. The van der Waals surface area contributed by atoms with Crippen LogP contribution in [0.3, 0.4) is 0 Å². The summed E-state index contributed by atoms with van der Waals surface area (Å²) in [5.74, 6) is 0.670. The lowest BCUT2D eigenvalue weighted by molar-refractivity contribution is -0.386. The number of ether oxygens (including phenoxy) is 1. The van der Waals surface area contributed by atoms with Gasteiger partial charge in [-0.1, -0.05) is 54.1 Å². The van der Waals surface area contributed by atoms with Gasteiger partial charge in [-0.05, 0) is 29.8 Å². The van der Waals surface area contributed by atoms with E-state index in [9.17, 15) is 10.1 Å². The van der Waals surface area contributed by atoms with Gasteiger partial charge in [0.1, 0.15) is 5.75 Å². The molecular weight excluding hydrogens is 390 g/mol. The maximum absolute atomic E-state index is 11.6.